The molecule has 134 valence electrons. The molecule has 0 radical (unpaired) electrons. The third-order valence-electron chi connectivity index (χ3n) is 4.32. The summed E-state index contributed by atoms with van der Waals surface area (Å²) in [6, 6.07) is 17.2. The Morgan fingerprint density at radius 3 is 2.42 bits per heavy atom. The van der Waals surface area contributed by atoms with Gasteiger partial charge in [0.05, 0.1) is 10.5 Å². The monoisotopic (exact) mass is 350 g/mol. The van der Waals surface area contributed by atoms with Crippen LogP contribution in [-0.4, -0.2) is 47.2 Å². The van der Waals surface area contributed by atoms with Crippen LogP contribution in [0.4, 0.5) is 5.69 Å². The highest BCUT2D eigenvalue weighted by molar-refractivity contribution is 5.79. The summed E-state index contributed by atoms with van der Waals surface area (Å²) in [5.74, 6) is 0. The molecule has 2 aromatic carbocycles. The molecule has 3 rings (SSSR count). The summed E-state index contributed by atoms with van der Waals surface area (Å²) in [7, 11) is 0. The zero-order chi connectivity index (χ0) is 18.2. The average Bonchev–Trinajstić information content (AvgIpc) is 2.67. The van der Waals surface area contributed by atoms with E-state index in [0.717, 1.165) is 32.7 Å². The Morgan fingerprint density at radius 1 is 1.00 bits per heavy atom. The van der Waals surface area contributed by atoms with Crippen molar-refractivity contribution in [2.45, 2.75) is 6.54 Å². The second kappa shape index (κ2) is 8.92. The smallest absolute Gasteiger partial charge is 0.276 e. The van der Waals surface area contributed by atoms with Gasteiger partial charge in [-0.15, -0.1) is 0 Å². The van der Waals surface area contributed by atoms with Crippen molar-refractivity contribution < 1.29 is 4.92 Å². The first-order chi connectivity index (χ1) is 12.7. The quantitative estimate of drug-likeness (QED) is 0.455. The van der Waals surface area contributed by atoms with E-state index in [2.05, 4.69) is 34.3 Å². The number of nitro groups is 1. The number of hydrazone groups is 1. The second-order valence-corrected chi connectivity index (χ2v) is 6.15. The summed E-state index contributed by atoms with van der Waals surface area (Å²) in [5, 5.41) is 17.5. The van der Waals surface area contributed by atoms with Gasteiger partial charge in [0.15, 0.2) is 0 Å². The molecule has 0 saturated carbocycles. The highest BCUT2D eigenvalue weighted by atomic mass is 16.6. The Morgan fingerprint density at radius 2 is 1.69 bits per heavy atom. The van der Waals surface area contributed by atoms with Crippen LogP contribution in [0.2, 0.25) is 0 Å². The summed E-state index contributed by atoms with van der Waals surface area (Å²) in [5.41, 5.74) is 2.01. The Bertz CT molecular complexity index is 781. The number of hydrogen-bond donors (Lipinski definition) is 0. The third kappa shape index (κ3) is 5.00. The maximum Gasteiger partial charge on any atom is 0.276 e. The molecule has 1 fully saturated rings. The molecule has 0 bridgehead atoms. The van der Waals surface area contributed by atoms with Crippen molar-refractivity contribution in [2.24, 2.45) is 5.10 Å². The summed E-state index contributed by atoms with van der Waals surface area (Å²) < 4.78 is 0. The van der Waals surface area contributed by atoms with Gasteiger partial charge in [0, 0.05) is 45.0 Å². The third-order valence-corrected chi connectivity index (χ3v) is 4.32. The zero-order valence-electron chi connectivity index (χ0n) is 14.6. The minimum Gasteiger partial charge on any atom is -0.295 e. The lowest BCUT2D eigenvalue weighted by molar-refractivity contribution is -0.385. The fourth-order valence-electron chi connectivity index (χ4n) is 2.93. The summed E-state index contributed by atoms with van der Waals surface area (Å²) >= 11 is 0. The van der Waals surface area contributed by atoms with Gasteiger partial charge in [0.1, 0.15) is 0 Å². The van der Waals surface area contributed by atoms with Crippen LogP contribution < -0.4 is 0 Å². The summed E-state index contributed by atoms with van der Waals surface area (Å²) in [6.45, 7) is 4.67. The van der Waals surface area contributed by atoms with E-state index in [4.69, 9.17) is 0 Å². The molecule has 1 heterocycles. The van der Waals surface area contributed by atoms with Crippen LogP contribution in [0.1, 0.15) is 11.1 Å². The lowest BCUT2D eigenvalue weighted by Crippen LogP contribution is -2.43. The minimum absolute atomic E-state index is 0.103. The van der Waals surface area contributed by atoms with Crippen molar-refractivity contribution in [1.82, 2.24) is 9.91 Å². The number of piperazine rings is 1. The van der Waals surface area contributed by atoms with E-state index < -0.39 is 0 Å². The van der Waals surface area contributed by atoms with E-state index in [0.29, 0.717) is 5.56 Å². The van der Waals surface area contributed by atoms with Gasteiger partial charge in [-0.3, -0.25) is 20.0 Å². The van der Waals surface area contributed by atoms with Crippen molar-refractivity contribution in [3.8, 4) is 0 Å². The Hall–Kier alpha value is -2.99. The van der Waals surface area contributed by atoms with Crippen molar-refractivity contribution in [3.63, 3.8) is 0 Å². The van der Waals surface area contributed by atoms with Gasteiger partial charge in [0.25, 0.3) is 5.69 Å². The van der Waals surface area contributed by atoms with Crippen molar-refractivity contribution in [1.29, 1.82) is 0 Å². The lowest BCUT2D eigenvalue weighted by atomic mass is 10.1. The van der Waals surface area contributed by atoms with Crippen LogP contribution >= 0.6 is 0 Å². The standard InChI is InChI=1S/C20H22N4O2/c25-24(26)20-11-5-4-9-19(20)10-6-12-21-23-15-13-22(14-16-23)17-18-7-2-1-3-8-18/h1-12H,13-17H2/b10-6-,21-12-. The van der Waals surface area contributed by atoms with E-state index in [-0.39, 0.29) is 10.6 Å². The fourth-order valence-corrected chi connectivity index (χ4v) is 2.93. The number of nitrogens with zero attached hydrogens (tertiary/aromatic N) is 4. The van der Waals surface area contributed by atoms with Gasteiger partial charge < -0.3 is 0 Å². The molecule has 0 unspecified atom stereocenters. The number of allylic oxidation sites excluding steroid dienone is 1. The highest BCUT2D eigenvalue weighted by Gasteiger charge is 2.15. The Kier molecular flexibility index (Phi) is 6.11. The van der Waals surface area contributed by atoms with Crippen LogP contribution in [0.3, 0.4) is 0 Å². The molecule has 6 heteroatoms. The molecule has 1 aliphatic heterocycles. The van der Waals surface area contributed by atoms with E-state index >= 15 is 0 Å². The summed E-state index contributed by atoms with van der Waals surface area (Å²) in [4.78, 5) is 13.0. The molecule has 0 N–H and O–H groups in total. The number of para-hydroxylation sites is 1. The number of rotatable bonds is 6. The molecule has 6 nitrogen and oxygen atoms in total. The predicted octanol–water partition coefficient (Wildman–Crippen LogP) is 3.41. The van der Waals surface area contributed by atoms with Gasteiger partial charge in [-0.05, 0) is 23.8 Å². The minimum atomic E-state index is -0.372. The van der Waals surface area contributed by atoms with Gasteiger partial charge >= 0.3 is 0 Å². The number of benzene rings is 2. The van der Waals surface area contributed by atoms with Crippen LogP contribution in [0.5, 0.6) is 0 Å². The molecule has 2 aromatic rings. The maximum atomic E-state index is 11.0. The van der Waals surface area contributed by atoms with Crippen molar-refractivity contribution in [3.05, 3.63) is 81.9 Å². The topological polar surface area (TPSA) is 62.0 Å². The molecule has 26 heavy (non-hydrogen) atoms. The predicted molar refractivity (Wildman–Crippen MR) is 104 cm³/mol. The van der Waals surface area contributed by atoms with Crippen LogP contribution in [0, 0.1) is 10.1 Å². The first-order valence-corrected chi connectivity index (χ1v) is 8.68. The number of nitro benzene ring substituents is 1. The molecular formula is C20H22N4O2. The van der Waals surface area contributed by atoms with Crippen molar-refractivity contribution >= 4 is 18.0 Å². The molecule has 0 amide bonds. The van der Waals surface area contributed by atoms with Crippen LogP contribution in [0.25, 0.3) is 6.08 Å². The normalized spacial score (nSPS) is 15.8. The maximum absolute atomic E-state index is 11.0. The second-order valence-electron chi connectivity index (χ2n) is 6.15. The molecule has 0 atom stereocenters. The molecule has 1 saturated heterocycles. The highest BCUT2D eigenvalue weighted by Crippen LogP contribution is 2.18. The van der Waals surface area contributed by atoms with Gasteiger partial charge in [0.2, 0.25) is 0 Å². The molecule has 0 spiro atoms. The SMILES string of the molecule is O=[N+]([O-])c1ccccc1/C=C\C=N/N1CCN(Cc2ccccc2)CC1. The van der Waals surface area contributed by atoms with E-state index in [1.165, 1.54) is 11.6 Å². The number of hydrogen-bond acceptors (Lipinski definition) is 5. The Balaban J connectivity index is 1.48. The molecule has 0 aromatic heterocycles. The summed E-state index contributed by atoms with van der Waals surface area (Å²) in [6.07, 6.45) is 5.16. The van der Waals surface area contributed by atoms with E-state index in [1.54, 1.807) is 36.6 Å². The fraction of sp³-hybridized carbons (Fsp3) is 0.250. The first-order valence-electron chi connectivity index (χ1n) is 8.68. The van der Waals surface area contributed by atoms with Gasteiger partial charge in [-0.2, -0.15) is 5.10 Å². The molecular weight excluding hydrogens is 328 g/mol. The lowest BCUT2D eigenvalue weighted by Gasteiger charge is -2.32. The van der Waals surface area contributed by atoms with Gasteiger partial charge in [-0.1, -0.05) is 42.5 Å². The average molecular weight is 350 g/mol. The first kappa shape index (κ1) is 17.8. The van der Waals surface area contributed by atoms with Gasteiger partial charge in [-0.25, -0.2) is 0 Å². The van der Waals surface area contributed by atoms with E-state index in [1.807, 2.05) is 11.1 Å². The Labute approximate surface area is 153 Å². The molecule has 1 aliphatic rings. The van der Waals surface area contributed by atoms with Crippen LogP contribution in [0.15, 0.2) is 65.8 Å². The molecule has 0 aliphatic carbocycles. The zero-order valence-corrected chi connectivity index (χ0v) is 14.6. The van der Waals surface area contributed by atoms with Crippen LogP contribution in [-0.2, 0) is 6.54 Å². The van der Waals surface area contributed by atoms with Crippen molar-refractivity contribution in [2.75, 3.05) is 26.2 Å². The van der Waals surface area contributed by atoms with E-state index in [9.17, 15) is 10.1 Å². The largest absolute Gasteiger partial charge is 0.295 e.